The summed E-state index contributed by atoms with van der Waals surface area (Å²) in [4.78, 5) is 16.5. The van der Waals surface area contributed by atoms with Gasteiger partial charge in [0.2, 0.25) is 5.91 Å². The molecule has 0 radical (unpaired) electrons. The normalized spacial score (nSPS) is 11.0. The molecular formula is C24H29FN4O2. The summed E-state index contributed by atoms with van der Waals surface area (Å²) in [6, 6.07) is 13.9. The number of nitrogens with one attached hydrogen (secondary N) is 1. The molecular weight excluding hydrogens is 395 g/mol. The van der Waals surface area contributed by atoms with E-state index in [2.05, 4.69) is 22.3 Å². The lowest BCUT2D eigenvalue weighted by atomic mass is 10.2. The Morgan fingerprint density at radius 3 is 2.55 bits per heavy atom. The van der Waals surface area contributed by atoms with Gasteiger partial charge < -0.3 is 10.1 Å². The van der Waals surface area contributed by atoms with E-state index >= 15 is 0 Å². The molecule has 1 aromatic heterocycles. The van der Waals surface area contributed by atoms with Crippen LogP contribution in [-0.4, -0.2) is 27.3 Å². The van der Waals surface area contributed by atoms with Crippen LogP contribution in [-0.2, 0) is 4.79 Å². The fraction of sp³-hybridized carbons (Fsp3) is 0.375. The maximum absolute atomic E-state index is 14.5. The van der Waals surface area contributed by atoms with E-state index in [1.807, 2.05) is 26.0 Å². The highest BCUT2D eigenvalue weighted by molar-refractivity contribution is 5.90. The predicted octanol–water partition coefficient (Wildman–Crippen LogP) is 5.63. The van der Waals surface area contributed by atoms with Gasteiger partial charge in [0.1, 0.15) is 5.82 Å². The lowest BCUT2D eigenvalue weighted by Gasteiger charge is -2.09. The summed E-state index contributed by atoms with van der Waals surface area (Å²) < 4.78 is 21.7. The zero-order valence-electron chi connectivity index (χ0n) is 18.3. The van der Waals surface area contributed by atoms with Crippen molar-refractivity contribution in [1.82, 2.24) is 14.8 Å². The van der Waals surface area contributed by atoms with Crippen LogP contribution in [0.3, 0.4) is 0 Å². The van der Waals surface area contributed by atoms with Gasteiger partial charge in [0.15, 0.2) is 5.82 Å². The van der Waals surface area contributed by atoms with E-state index in [0.29, 0.717) is 41.7 Å². The molecule has 6 nitrogen and oxygen atoms in total. The first-order chi connectivity index (χ1) is 15.0. The lowest BCUT2D eigenvalue weighted by Crippen LogP contribution is -2.11. The largest absolute Gasteiger partial charge is 0.462 e. The molecule has 0 saturated carbocycles. The maximum Gasteiger partial charge on any atom is 0.336 e. The molecule has 0 aliphatic carbocycles. The Balaban J connectivity index is 1.85. The Morgan fingerprint density at radius 2 is 1.87 bits per heavy atom. The number of unbranched alkanes of at least 4 members (excludes halogenated alkanes) is 2. The van der Waals surface area contributed by atoms with Gasteiger partial charge in [-0.1, -0.05) is 45.7 Å². The Labute approximate surface area is 182 Å². The summed E-state index contributed by atoms with van der Waals surface area (Å²) in [5.74, 6) is 0.276. The molecule has 0 fully saturated rings. The number of halogens is 1. The van der Waals surface area contributed by atoms with Crippen LogP contribution in [0.25, 0.3) is 17.1 Å². The van der Waals surface area contributed by atoms with Crippen molar-refractivity contribution in [3.63, 3.8) is 0 Å². The summed E-state index contributed by atoms with van der Waals surface area (Å²) in [7, 11) is 0. The number of aromatic nitrogens is 3. The van der Waals surface area contributed by atoms with Gasteiger partial charge in [-0.15, -0.1) is 5.10 Å². The van der Waals surface area contributed by atoms with Crippen molar-refractivity contribution in [2.24, 2.45) is 5.92 Å². The molecule has 7 heteroatoms. The standard InChI is InChI=1S/C24H29FN4O2/c1-4-5-6-11-22(30)26-18-12-14-19(15-13-18)29-23(20-9-7-8-10-21(20)25)27-24(28-29)31-16-17(2)3/h7-10,12-15,17H,4-6,11,16H2,1-3H3,(H,26,30). The lowest BCUT2D eigenvalue weighted by molar-refractivity contribution is -0.116. The Bertz CT molecular complexity index is 999. The molecule has 3 aromatic rings. The SMILES string of the molecule is CCCCCC(=O)Nc1ccc(-n2nc(OCC(C)C)nc2-c2ccccc2F)cc1. The maximum atomic E-state index is 14.5. The number of hydrogen-bond donors (Lipinski definition) is 1. The summed E-state index contributed by atoms with van der Waals surface area (Å²) in [6.45, 7) is 6.63. The Hall–Kier alpha value is -3.22. The van der Waals surface area contributed by atoms with Crippen LogP contribution in [0.2, 0.25) is 0 Å². The van der Waals surface area contributed by atoms with Crippen LogP contribution in [0, 0.1) is 11.7 Å². The molecule has 164 valence electrons. The summed E-state index contributed by atoms with van der Waals surface area (Å²) in [5, 5.41) is 7.34. The molecule has 0 aliphatic rings. The van der Waals surface area contributed by atoms with E-state index in [9.17, 15) is 9.18 Å². The van der Waals surface area contributed by atoms with Crippen molar-refractivity contribution in [3.8, 4) is 23.1 Å². The van der Waals surface area contributed by atoms with E-state index in [4.69, 9.17) is 4.74 Å². The van der Waals surface area contributed by atoms with Crippen molar-refractivity contribution < 1.29 is 13.9 Å². The van der Waals surface area contributed by atoms with E-state index in [1.54, 1.807) is 35.0 Å². The number of ether oxygens (including phenoxy) is 1. The molecule has 31 heavy (non-hydrogen) atoms. The molecule has 0 aliphatic heterocycles. The number of carbonyl (C=O) groups is 1. The first-order valence-electron chi connectivity index (χ1n) is 10.7. The third-order valence-electron chi connectivity index (χ3n) is 4.65. The molecule has 1 heterocycles. The van der Waals surface area contributed by atoms with Gasteiger partial charge in [-0.3, -0.25) is 4.79 Å². The first kappa shape index (κ1) is 22.5. The molecule has 0 unspecified atom stereocenters. The molecule has 0 atom stereocenters. The first-order valence-corrected chi connectivity index (χ1v) is 10.7. The highest BCUT2D eigenvalue weighted by atomic mass is 19.1. The summed E-state index contributed by atoms with van der Waals surface area (Å²) in [5.41, 5.74) is 1.73. The van der Waals surface area contributed by atoms with Gasteiger partial charge in [-0.2, -0.15) is 4.98 Å². The summed E-state index contributed by atoms with van der Waals surface area (Å²) >= 11 is 0. The minimum absolute atomic E-state index is 0.00151. The van der Waals surface area contributed by atoms with E-state index in [1.165, 1.54) is 6.07 Å². The van der Waals surface area contributed by atoms with E-state index in [-0.39, 0.29) is 17.7 Å². The molecule has 0 saturated heterocycles. The number of carbonyl (C=O) groups excluding carboxylic acids is 1. The number of benzene rings is 2. The van der Waals surface area contributed by atoms with Crippen molar-refractivity contribution in [2.75, 3.05) is 11.9 Å². The quantitative estimate of drug-likeness (QED) is 0.429. The van der Waals surface area contributed by atoms with Crippen LogP contribution in [0.15, 0.2) is 48.5 Å². The van der Waals surface area contributed by atoms with Gasteiger partial charge in [-0.05, 0) is 48.7 Å². The number of amides is 1. The van der Waals surface area contributed by atoms with Crippen LogP contribution >= 0.6 is 0 Å². The second kappa shape index (κ2) is 10.7. The zero-order valence-corrected chi connectivity index (χ0v) is 18.3. The van der Waals surface area contributed by atoms with Crippen molar-refractivity contribution in [1.29, 1.82) is 0 Å². The highest BCUT2D eigenvalue weighted by Crippen LogP contribution is 2.26. The van der Waals surface area contributed by atoms with Crippen LogP contribution in [0.1, 0.15) is 46.5 Å². The zero-order chi connectivity index (χ0) is 22.2. The highest BCUT2D eigenvalue weighted by Gasteiger charge is 2.18. The minimum atomic E-state index is -0.387. The Kier molecular flexibility index (Phi) is 7.76. The van der Waals surface area contributed by atoms with Crippen LogP contribution in [0.5, 0.6) is 6.01 Å². The third-order valence-corrected chi connectivity index (χ3v) is 4.65. The van der Waals surface area contributed by atoms with Gasteiger partial charge in [0.05, 0.1) is 17.9 Å². The summed E-state index contributed by atoms with van der Waals surface area (Å²) in [6.07, 6.45) is 3.50. The number of hydrogen-bond acceptors (Lipinski definition) is 4. The second-order valence-electron chi connectivity index (χ2n) is 7.87. The smallest absolute Gasteiger partial charge is 0.336 e. The van der Waals surface area contributed by atoms with Crippen LogP contribution in [0.4, 0.5) is 10.1 Å². The van der Waals surface area contributed by atoms with E-state index in [0.717, 1.165) is 19.3 Å². The molecule has 0 spiro atoms. The molecule has 0 bridgehead atoms. The van der Waals surface area contributed by atoms with Gasteiger partial charge in [-0.25, -0.2) is 9.07 Å². The third kappa shape index (κ3) is 6.13. The topological polar surface area (TPSA) is 69.0 Å². The van der Waals surface area contributed by atoms with Gasteiger partial charge >= 0.3 is 6.01 Å². The van der Waals surface area contributed by atoms with Crippen molar-refractivity contribution >= 4 is 11.6 Å². The fourth-order valence-electron chi connectivity index (χ4n) is 3.04. The van der Waals surface area contributed by atoms with Crippen molar-refractivity contribution in [2.45, 2.75) is 46.5 Å². The van der Waals surface area contributed by atoms with E-state index < -0.39 is 0 Å². The monoisotopic (exact) mass is 424 g/mol. The number of nitrogens with zero attached hydrogens (tertiary/aromatic N) is 3. The van der Waals surface area contributed by atoms with Gasteiger partial charge in [0, 0.05) is 12.1 Å². The average molecular weight is 425 g/mol. The molecule has 1 N–H and O–H groups in total. The van der Waals surface area contributed by atoms with Gasteiger partial charge in [0.25, 0.3) is 0 Å². The predicted molar refractivity (Wildman–Crippen MR) is 120 cm³/mol. The second-order valence-corrected chi connectivity index (χ2v) is 7.87. The number of rotatable bonds is 10. The fourth-order valence-corrected chi connectivity index (χ4v) is 3.04. The number of anilines is 1. The van der Waals surface area contributed by atoms with Crippen LogP contribution < -0.4 is 10.1 Å². The molecule has 1 amide bonds. The Morgan fingerprint density at radius 1 is 1.13 bits per heavy atom. The molecule has 2 aromatic carbocycles. The minimum Gasteiger partial charge on any atom is -0.462 e. The average Bonchev–Trinajstić information content (AvgIpc) is 3.17. The van der Waals surface area contributed by atoms with Crippen molar-refractivity contribution in [3.05, 3.63) is 54.3 Å². The molecule has 3 rings (SSSR count).